The summed E-state index contributed by atoms with van der Waals surface area (Å²) in [5, 5.41) is 13.6. The Bertz CT molecular complexity index is 249. The van der Waals surface area contributed by atoms with Crippen molar-refractivity contribution in [3.8, 4) is 6.07 Å². The zero-order valence-corrected chi connectivity index (χ0v) is 8.98. The predicted molar refractivity (Wildman–Crippen MR) is 55.7 cm³/mol. The first-order valence-corrected chi connectivity index (χ1v) is 5.51. The first-order valence-electron chi connectivity index (χ1n) is 5.51. The fraction of sp³-hybridized carbons (Fsp3) is 0.900. The molecule has 0 aromatic heterocycles. The summed E-state index contributed by atoms with van der Waals surface area (Å²) in [6.07, 6.45) is 1.53. The zero-order chi connectivity index (χ0) is 10.7. The van der Waals surface area contributed by atoms with E-state index in [9.17, 15) is 0 Å². The van der Waals surface area contributed by atoms with Crippen molar-refractivity contribution >= 4 is 0 Å². The molecule has 0 amide bonds. The Morgan fingerprint density at radius 1 is 1.07 bits per heavy atom. The van der Waals surface area contributed by atoms with Gasteiger partial charge < -0.3 is 10.5 Å². The molecule has 0 atom stereocenters. The summed E-state index contributed by atoms with van der Waals surface area (Å²) in [6, 6.07) is 2.21. The SMILES string of the molecule is N#CC1(N)CCN(N2CCOCC2)CC1. The van der Waals surface area contributed by atoms with E-state index in [4.69, 9.17) is 15.7 Å². The second-order valence-electron chi connectivity index (χ2n) is 4.29. The minimum Gasteiger partial charge on any atom is -0.379 e. The van der Waals surface area contributed by atoms with Gasteiger partial charge in [0.2, 0.25) is 0 Å². The first kappa shape index (κ1) is 10.8. The molecule has 2 fully saturated rings. The summed E-state index contributed by atoms with van der Waals surface area (Å²) >= 11 is 0. The van der Waals surface area contributed by atoms with E-state index >= 15 is 0 Å². The van der Waals surface area contributed by atoms with Gasteiger partial charge in [-0.25, -0.2) is 10.0 Å². The Morgan fingerprint density at radius 3 is 2.13 bits per heavy atom. The van der Waals surface area contributed by atoms with Crippen LogP contribution in [0.5, 0.6) is 0 Å². The molecule has 0 radical (unpaired) electrons. The maximum Gasteiger partial charge on any atom is 0.106 e. The molecule has 2 aliphatic rings. The lowest BCUT2D eigenvalue weighted by atomic mass is 9.91. The van der Waals surface area contributed by atoms with Crippen molar-refractivity contribution < 1.29 is 4.74 Å². The normalized spacial score (nSPS) is 28.5. The van der Waals surface area contributed by atoms with Gasteiger partial charge in [-0.15, -0.1) is 0 Å². The lowest BCUT2D eigenvalue weighted by Crippen LogP contribution is -2.56. The van der Waals surface area contributed by atoms with Crippen LogP contribution in [-0.4, -0.2) is 54.9 Å². The average Bonchev–Trinajstić information content (AvgIpc) is 2.31. The van der Waals surface area contributed by atoms with E-state index in [-0.39, 0.29) is 0 Å². The zero-order valence-electron chi connectivity index (χ0n) is 8.98. The number of morpholine rings is 1. The molecular weight excluding hydrogens is 192 g/mol. The van der Waals surface area contributed by atoms with Gasteiger partial charge in [-0.1, -0.05) is 0 Å². The average molecular weight is 210 g/mol. The number of hydrogen-bond donors (Lipinski definition) is 1. The van der Waals surface area contributed by atoms with E-state index in [0.29, 0.717) is 0 Å². The number of hydrazine groups is 1. The number of ether oxygens (including phenoxy) is 1. The second-order valence-corrected chi connectivity index (χ2v) is 4.29. The van der Waals surface area contributed by atoms with Crippen molar-refractivity contribution in [2.45, 2.75) is 18.4 Å². The van der Waals surface area contributed by atoms with Crippen molar-refractivity contribution in [1.82, 2.24) is 10.0 Å². The highest BCUT2D eigenvalue weighted by Gasteiger charge is 2.32. The lowest BCUT2D eigenvalue weighted by molar-refractivity contribution is -0.103. The summed E-state index contributed by atoms with van der Waals surface area (Å²) < 4.78 is 5.31. The number of piperidine rings is 1. The predicted octanol–water partition coefficient (Wildman–Crippen LogP) is -0.450. The Kier molecular flexibility index (Phi) is 3.22. The third-order valence-corrected chi connectivity index (χ3v) is 3.24. The number of nitriles is 1. The van der Waals surface area contributed by atoms with Crippen LogP contribution in [0.1, 0.15) is 12.8 Å². The van der Waals surface area contributed by atoms with Crippen molar-refractivity contribution in [2.75, 3.05) is 39.4 Å². The van der Waals surface area contributed by atoms with Crippen LogP contribution >= 0.6 is 0 Å². The monoisotopic (exact) mass is 210 g/mol. The number of nitrogens with zero attached hydrogens (tertiary/aromatic N) is 3. The molecule has 0 bridgehead atoms. The third-order valence-electron chi connectivity index (χ3n) is 3.24. The molecule has 2 N–H and O–H groups in total. The Balaban J connectivity index is 1.85. The van der Waals surface area contributed by atoms with E-state index in [1.54, 1.807) is 0 Å². The van der Waals surface area contributed by atoms with Gasteiger partial charge in [0.15, 0.2) is 0 Å². The fourth-order valence-electron chi connectivity index (χ4n) is 2.13. The van der Waals surface area contributed by atoms with Crippen LogP contribution in [-0.2, 0) is 4.74 Å². The van der Waals surface area contributed by atoms with Crippen molar-refractivity contribution in [2.24, 2.45) is 5.73 Å². The van der Waals surface area contributed by atoms with E-state index in [2.05, 4.69) is 16.1 Å². The molecule has 2 saturated heterocycles. The van der Waals surface area contributed by atoms with Gasteiger partial charge in [0.05, 0.1) is 19.3 Å². The van der Waals surface area contributed by atoms with E-state index in [1.807, 2.05) is 0 Å². The van der Waals surface area contributed by atoms with Crippen LogP contribution in [0.4, 0.5) is 0 Å². The van der Waals surface area contributed by atoms with Crippen LogP contribution in [0.3, 0.4) is 0 Å². The number of rotatable bonds is 1. The van der Waals surface area contributed by atoms with Gasteiger partial charge in [0, 0.05) is 26.2 Å². The van der Waals surface area contributed by atoms with Crippen molar-refractivity contribution in [1.29, 1.82) is 5.26 Å². The molecule has 2 rings (SSSR count). The highest BCUT2D eigenvalue weighted by Crippen LogP contribution is 2.20. The molecule has 5 heteroatoms. The molecule has 0 saturated carbocycles. The molecule has 0 spiro atoms. The summed E-state index contributed by atoms with van der Waals surface area (Å²) in [7, 11) is 0. The molecule has 84 valence electrons. The first-order chi connectivity index (χ1) is 7.23. The maximum absolute atomic E-state index is 8.92. The van der Waals surface area contributed by atoms with Gasteiger partial charge in [0.1, 0.15) is 5.54 Å². The largest absolute Gasteiger partial charge is 0.379 e. The van der Waals surface area contributed by atoms with Crippen LogP contribution in [0.25, 0.3) is 0 Å². The molecule has 0 aromatic rings. The smallest absolute Gasteiger partial charge is 0.106 e. The second kappa shape index (κ2) is 4.45. The van der Waals surface area contributed by atoms with Crippen LogP contribution in [0.15, 0.2) is 0 Å². The minimum absolute atomic E-state index is 0.594. The summed E-state index contributed by atoms with van der Waals surface area (Å²) in [5.74, 6) is 0. The van der Waals surface area contributed by atoms with Gasteiger partial charge >= 0.3 is 0 Å². The summed E-state index contributed by atoms with van der Waals surface area (Å²) in [6.45, 7) is 5.33. The highest BCUT2D eigenvalue weighted by atomic mass is 16.5. The maximum atomic E-state index is 8.92. The Morgan fingerprint density at radius 2 is 1.60 bits per heavy atom. The Hall–Kier alpha value is -0.670. The Labute approximate surface area is 90.3 Å². The van der Waals surface area contributed by atoms with Crippen LogP contribution in [0, 0.1) is 11.3 Å². The van der Waals surface area contributed by atoms with E-state index < -0.39 is 5.54 Å². The minimum atomic E-state index is -0.594. The summed E-state index contributed by atoms with van der Waals surface area (Å²) in [5.41, 5.74) is 5.32. The lowest BCUT2D eigenvalue weighted by Gasteiger charge is -2.42. The number of hydrogen-bond acceptors (Lipinski definition) is 5. The van der Waals surface area contributed by atoms with Gasteiger partial charge in [0.25, 0.3) is 0 Å². The van der Waals surface area contributed by atoms with Gasteiger partial charge in [-0.2, -0.15) is 5.26 Å². The van der Waals surface area contributed by atoms with Crippen molar-refractivity contribution in [3.63, 3.8) is 0 Å². The van der Waals surface area contributed by atoms with Crippen molar-refractivity contribution in [3.05, 3.63) is 0 Å². The molecule has 2 aliphatic heterocycles. The number of nitrogens with two attached hydrogens (primary N) is 1. The topological polar surface area (TPSA) is 65.5 Å². The van der Waals surface area contributed by atoms with E-state index in [0.717, 1.165) is 52.2 Å². The molecule has 5 nitrogen and oxygen atoms in total. The molecule has 2 heterocycles. The third kappa shape index (κ3) is 2.47. The highest BCUT2D eigenvalue weighted by molar-refractivity contribution is 5.07. The molecule has 0 aromatic carbocycles. The van der Waals surface area contributed by atoms with Crippen LogP contribution < -0.4 is 5.73 Å². The summed E-state index contributed by atoms with van der Waals surface area (Å²) in [4.78, 5) is 0. The molecule has 0 unspecified atom stereocenters. The van der Waals surface area contributed by atoms with E-state index in [1.165, 1.54) is 0 Å². The molecular formula is C10H18N4O. The standard InChI is InChI=1S/C10H18N4O/c11-9-10(12)1-3-13(4-2-10)14-5-7-15-8-6-14/h1-8,12H2. The van der Waals surface area contributed by atoms with Gasteiger partial charge in [-0.05, 0) is 12.8 Å². The molecule has 0 aliphatic carbocycles. The fourth-order valence-corrected chi connectivity index (χ4v) is 2.13. The van der Waals surface area contributed by atoms with Crippen LogP contribution in [0.2, 0.25) is 0 Å². The quantitative estimate of drug-likeness (QED) is 0.635. The van der Waals surface area contributed by atoms with Gasteiger partial charge in [-0.3, -0.25) is 0 Å². The molecule has 15 heavy (non-hydrogen) atoms.